The molecule has 2 aromatic carbocycles. The highest BCUT2D eigenvalue weighted by molar-refractivity contribution is 5.79. The molecule has 2 aromatic rings. The van der Waals surface area contributed by atoms with Crippen LogP contribution in [0.4, 0.5) is 8.78 Å². The van der Waals surface area contributed by atoms with Crippen LogP contribution in [0.3, 0.4) is 0 Å². The molecule has 0 saturated carbocycles. The molecule has 0 aromatic heterocycles. The van der Waals surface area contributed by atoms with Crippen LogP contribution in [0.1, 0.15) is 23.6 Å². The van der Waals surface area contributed by atoms with Gasteiger partial charge in [-0.2, -0.15) is 0 Å². The lowest BCUT2D eigenvalue weighted by Gasteiger charge is -2.34. The monoisotopic (exact) mass is 415 g/mol. The summed E-state index contributed by atoms with van der Waals surface area (Å²) in [5.74, 6) is -0.345. The van der Waals surface area contributed by atoms with Crippen molar-refractivity contribution in [1.29, 1.82) is 0 Å². The Morgan fingerprint density at radius 3 is 2.20 bits per heavy atom. The van der Waals surface area contributed by atoms with E-state index in [1.165, 1.54) is 17.2 Å². The van der Waals surface area contributed by atoms with Crippen LogP contribution in [0, 0.1) is 11.6 Å². The first-order chi connectivity index (χ1) is 14.6. The maximum atomic E-state index is 13.8. The number of likely N-dealkylation sites (N-methyl/N-ethyl adjacent to an activating group) is 1. The van der Waals surface area contributed by atoms with E-state index in [4.69, 9.17) is 0 Å². The van der Waals surface area contributed by atoms with Gasteiger partial charge in [-0.15, -0.1) is 0 Å². The topological polar surface area (TPSA) is 42.9 Å². The summed E-state index contributed by atoms with van der Waals surface area (Å²) in [7, 11) is 1.66. The van der Waals surface area contributed by atoms with Gasteiger partial charge in [0.1, 0.15) is 11.6 Å². The average Bonchev–Trinajstić information content (AvgIpc) is 2.77. The number of nitrogens with zero attached hydrogens (tertiary/aromatic N) is 3. The normalized spacial score (nSPS) is 15.9. The third kappa shape index (κ3) is 6.24. The number of guanidine groups is 1. The molecule has 5 nitrogen and oxygen atoms in total. The first-order valence-electron chi connectivity index (χ1n) is 10.5. The number of piperazine rings is 1. The van der Waals surface area contributed by atoms with E-state index < -0.39 is 11.6 Å². The minimum atomic E-state index is -0.454. The number of rotatable bonds is 7. The lowest BCUT2D eigenvalue weighted by atomic mass is 10.1. The zero-order chi connectivity index (χ0) is 21.3. The van der Waals surface area contributed by atoms with Gasteiger partial charge in [0.15, 0.2) is 5.96 Å². The second kappa shape index (κ2) is 11.0. The predicted molar refractivity (Wildman–Crippen MR) is 117 cm³/mol. The van der Waals surface area contributed by atoms with Crippen molar-refractivity contribution in [2.75, 3.05) is 39.8 Å². The van der Waals surface area contributed by atoms with E-state index in [0.717, 1.165) is 51.4 Å². The molecule has 1 saturated heterocycles. The summed E-state index contributed by atoms with van der Waals surface area (Å²) in [6, 6.07) is 11.8. The Morgan fingerprint density at radius 1 is 0.900 bits per heavy atom. The fraction of sp³-hybridized carbons (Fsp3) is 0.435. The van der Waals surface area contributed by atoms with Crippen LogP contribution in [-0.2, 0) is 19.6 Å². The molecule has 0 radical (unpaired) electrons. The smallest absolute Gasteiger partial charge is 0.191 e. The Morgan fingerprint density at radius 2 is 1.53 bits per heavy atom. The SMILES string of the molecule is CCN1CCN(Cc2ccccc2CNC(=NC)NCc2cc(F)ccc2F)CC1. The molecule has 1 heterocycles. The largest absolute Gasteiger partial charge is 0.352 e. The highest BCUT2D eigenvalue weighted by Crippen LogP contribution is 2.14. The molecule has 1 aliphatic rings. The highest BCUT2D eigenvalue weighted by Gasteiger charge is 2.16. The predicted octanol–water partition coefficient (Wildman–Crippen LogP) is 2.97. The third-order valence-corrected chi connectivity index (χ3v) is 5.55. The molecule has 0 atom stereocenters. The molecule has 1 fully saturated rings. The van der Waals surface area contributed by atoms with Gasteiger partial charge in [0.25, 0.3) is 0 Å². The number of benzene rings is 2. The lowest BCUT2D eigenvalue weighted by molar-refractivity contribution is 0.131. The maximum absolute atomic E-state index is 13.8. The molecule has 2 N–H and O–H groups in total. The zero-order valence-electron chi connectivity index (χ0n) is 17.8. The van der Waals surface area contributed by atoms with Gasteiger partial charge < -0.3 is 15.5 Å². The van der Waals surface area contributed by atoms with Crippen molar-refractivity contribution in [3.05, 3.63) is 70.8 Å². The van der Waals surface area contributed by atoms with Crippen LogP contribution in [-0.4, -0.2) is 55.5 Å². The maximum Gasteiger partial charge on any atom is 0.191 e. The highest BCUT2D eigenvalue weighted by atomic mass is 19.1. The van der Waals surface area contributed by atoms with Crippen LogP contribution in [0.15, 0.2) is 47.5 Å². The van der Waals surface area contributed by atoms with Gasteiger partial charge in [-0.05, 0) is 35.9 Å². The minimum absolute atomic E-state index is 0.159. The number of hydrogen-bond acceptors (Lipinski definition) is 3. The Bertz CT molecular complexity index is 847. The van der Waals surface area contributed by atoms with Gasteiger partial charge in [0, 0.05) is 58.4 Å². The second-order valence-electron chi connectivity index (χ2n) is 7.49. The molecule has 7 heteroatoms. The van der Waals surface area contributed by atoms with Crippen molar-refractivity contribution in [3.63, 3.8) is 0 Å². The first-order valence-corrected chi connectivity index (χ1v) is 10.5. The van der Waals surface area contributed by atoms with Crippen LogP contribution in [0.5, 0.6) is 0 Å². The summed E-state index contributed by atoms with van der Waals surface area (Å²) in [4.78, 5) is 9.16. The quantitative estimate of drug-likeness (QED) is 0.539. The van der Waals surface area contributed by atoms with Gasteiger partial charge in [-0.1, -0.05) is 31.2 Å². The number of hydrogen-bond donors (Lipinski definition) is 2. The summed E-state index contributed by atoms with van der Waals surface area (Å²) < 4.78 is 27.2. The van der Waals surface area contributed by atoms with Gasteiger partial charge in [-0.3, -0.25) is 9.89 Å². The second-order valence-corrected chi connectivity index (χ2v) is 7.49. The van der Waals surface area contributed by atoms with E-state index in [-0.39, 0.29) is 12.1 Å². The molecule has 162 valence electrons. The fourth-order valence-electron chi connectivity index (χ4n) is 3.65. The molecule has 1 aliphatic heterocycles. The molecule has 3 rings (SSSR count). The molecule has 0 bridgehead atoms. The third-order valence-electron chi connectivity index (χ3n) is 5.55. The Hall–Kier alpha value is -2.51. The van der Waals surface area contributed by atoms with E-state index in [0.29, 0.717) is 12.5 Å². The first kappa shape index (κ1) is 22.2. The van der Waals surface area contributed by atoms with Crippen molar-refractivity contribution in [1.82, 2.24) is 20.4 Å². The van der Waals surface area contributed by atoms with E-state index in [1.54, 1.807) is 7.05 Å². The van der Waals surface area contributed by atoms with E-state index >= 15 is 0 Å². The Labute approximate surface area is 177 Å². The minimum Gasteiger partial charge on any atom is -0.352 e. The van der Waals surface area contributed by atoms with Gasteiger partial charge in [0.05, 0.1) is 0 Å². The van der Waals surface area contributed by atoms with Crippen molar-refractivity contribution < 1.29 is 8.78 Å². The molecule has 0 amide bonds. The van der Waals surface area contributed by atoms with Crippen molar-refractivity contribution in [2.45, 2.75) is 26.6 Å². The van der Waals surface area contributed by atoms with Gasteiger partial charge in [0.2, 0.25) is 0 Å². The lowest BCUT2D eigenvalue weighted by Crippen LogP contribution is -2.45. The number of nitrogens with one attached hydrogen (secondary N) is 2. The average molecular weight is 416 g/mol. The molecular weight excluding hydrogens is 384 g/mol. The molecule has 0 unspecified atom stereocenters. The summed E-state index contributed by atoms with van der Waals surface area (Å²) in [5, 5.41) is 6.33. The summed E-state index contributed by atoms with van der Waals surface area (Å²) >= 11 is 0. The summed E-state index contributed by atoms with van der Waals surface area (Å²) in [6.07, 6.45) is 0. The van der Waals surface area contributed by atoms with Gasteiger partial charge in [-0.25, -0.2) is 8.78 Å². The Kier molecular flexibility index (Phi) is 8.16. The summed E-state index contributed by atoms with van der Waals surface area (Å²) in [6.45, 7) is 9.41. The van der Waals surface area contributed by atoms with Crippen LogP contribution in [0.25, 0.3) is 0 Å². The van der Waals surface area contributed by atoms with Crippen molar-refractivity contribution in [2.24, 2.45) is 4.99 Å². The molecule has 0 spiro atoms. The van der Waals surface area contributed by atoms with Crippen LogP contribution in [0.2, 0.25) is 0 Å². The number of aliphatic imine (C=N–C) groups is 1. The van der Waals surface area contributed by atoms with Crippen molar-refractivity contribution >= 4 is 5.96 Å². The fourth-order valence-corrected chi connectivity index (χ4v) is 3.65. The Balaban J connectivity index is 1.55. The molecule has 0 aliphatic carbocycles. The zero-order valence-corrected chi connectivity index (χ0v) is 17.8. The summed E-state index contributed by atoms with van der Waals surface area (Å²) in [5.41, 5.74) is 2.77. The molecular formula is C23H31F2N5. The van der Waals surface area contributed by atoms with Crippen molar-refractivity contribution in [3.8, 4) is 0 Å². The van der Waals surface area contributed by atoms with Gasteiger partial charge >= 0.3 is 0 Å². The molecule has 30 heavy (non-hydrogen) atoms. The van der Waals surface area contributed by atoms with E-state index in [1.807, 2.05) is 6.07 Å². The number of halogens is 2. The van der Waals surface area contributed by atoms with Crippen LogP contribution < -0.4 is 10.6 Å². The van der Waals surface area contributed by atoms with Crippen LogP contribution >= 0.6 is 0 Å². The van der Waals surface area contributed by atoms with E-state index in [9.17, 15) is 8.78 Å². The van der Waals surface area contributed by atoms with E-state index in [2.05, 4.69) is 50.5 Å². The standard InChI is InChI=1S/C23H31F2N5/c1-3-29-10-12-30(13-11-29)17-19-7-5-4-6-18(19)15-27-23(26-2)28-16-20-14-21(24)8-9-22(20)25/h4-9,14H,3,10-13,15-17H2,1-2H3,(H2,26,27,28).